The maximum Gasteiger partial charge on any atom is 0.295 e. The summed E-state index contributed by atoms with van der Waals surface area (Å²) >= 11 is 0. The fraction of sp³-hybridized carbons (Fsp3) is 0.129. The van der Waals surface area contributed by atoms with E-state index in [4.69, 9.17) is 4.74 Å². The Morgan fingerprint density at radius 1 is 0.947 bits per heavy atom. The van der Waals surface area contributed by atoms with Gasteiger partial charge in [-0.15, -0.1) is 0 Å². The average molecular weight is 507 g/mol. The fourth-order valence-electron chi connectivity index (χ4n) is 4.57. The smallest absolute Gasteiger partial charge is 0.295 e. The van der Waals surface area contributed by atoms with Crippen molar-refractivity contribution in [3.8, 4) is 11.5 Å². The third kappa shape index (κ3) is 4.99. The van der Waals surface area contributed by atoms with E-state index in [2.05, 4.69) is 4.98 Å². The van der Waals surface area contributed by atoms with Crippen molar-refractivity contribution >= 4 is 17.4 Å². The highest BCUT2D eigenvalue weighted by Crippen LogP contribution is 2.41. The molecule has 0 radical (unpaired) electrons. The van der Waals surface area contributed by atoms with Gasteiger partial charge in [0, 0.05) is 24.5 Å². The summed E-state index contributed by atoms with van der Waals surface area (Å²) in [6.45, 7) is 2.55. The number of phenolic OH excluding ortho intramolecular Hbond substituents is 1. The van der Waals surface area contributed by atoms with E-state index in [1.165, 1.54) is 17.0 Å². The molecular formula is C31H26N2O5. The number of carbonyl (C=O) groups excluding carboxylic acids is 2. The Balaban J connectivity index is 1.48. The molecule has 1 amide bonds. The molecule has 1 unspecified atom stereocenters. The standard InChI is InChI=1S/C31H26N2O5/c1-20-5-2-3-6-24(20)19-38-26-11-9-22(10-12-26)29(35)27-28(23-7-4-8-25(34)17-23)33(31(37)30(27)36)18-21-13-15-32-16-14-21/h2-17,28,34-35H,18-19H2,1H3/b29-27-. The topological polar surface area (TPSA) is 100.0 Å². The number of aromatic hydroxyl groups is 1. The number of phenols is 1. The van der Waals surface area contributed by atoms with Crippen LogP contribution in [0.15, 0.2) is 103 Å². The Kier molecular flexibility index (Phi) is 6.91. The Labute approximate surface area is 220 Å². The molecule has 38 heavy (non-hydrogen) atoms. The molecule has 3 aromatic carbocycles. The summed E-state index contributed by atoms with van der Waals surface area (Å²) < 4.78 is 5.90. The van der Waals surface area contributed by atoms with Crippen LogP contribution >= 0.6 is 0 Å². The molecule has 0 aliphatic carbocycles. The monoisotopic (exact) mass is 506 g/mol. The molecule has 7 nitrogen and oxygen atoms in total. The summed E-state index contributed by atoms with van der Waals surface area (Å²) in [7, 11) is 0. The van der Waals surface area contributed by atoms with Crippen LogP contribution in [0, 0.1) is 6.92 Å². The molecule has 0 spiro atoms. The van der Waals surface area contributed by atoms with E-state index < -0.39 is 17.7 Å². The maximum atomic E-state index is 13.2. The molecule has 7 heteroatoms. The first-order valence-corrected chi connectivity index (χ1v) is 12.2. The number of hydrogen-bond acceptors (Lipinski definition) is 6. The van der Waals surface area contributed by atoms with E-state index in [0.717, 1.165) is 16.7 Å². The fourth-order valence-corrected chi connectivity index (χ4v) is 4.57. The Hall–Kier alpha value is -4.91. The zero-order chi connectivity index (χ0) is 26.6. The van der Waals surface area contributed by atoms with Crippen LogP contribution in [0.4, 0.5) is 0 Å². The highest BCUT2D eigenvalue weighted by atomic mass is 16.5. The quantitative estimate of drug-likeness (QED) is 0.201. The number of rotatable bonds is 7. The number of aliphatic hydroxyl groups is 1. The largest absolute Gasteiger partial charge is 0.508 e. The lowest BCUT2D eigenvalue weighted by molar-refractivity contribution is -0.140. The van der Waals surface area contributed by atoms with Crippen molar-refractivity contribution < 1.29 is 24.5 Å². The lowest BCUT2D eigenvalue weighted by Gasteiger charge is -2.25. The molecule has 1 fully saturated rings. The van der Waals surface area contributed by atoms with Gasteiger partial charge in [0.25, 0.3) is 11.7 Å². The first kappa shape index (κ1) is 24.8. The molecule has 1 atom stereocenters. The number of aliphatic hydroxyl groups excluding tert-OH is 1. The van der Waals surface area contributed by atoms with Crippen molar-refractivity contribution in [2.24, 2.45) is 0 Å². The number of Topliss-reactive ketones (excluding diaryl/α,β-unsaturated/α-hetero) is 1. The normalized spacial score (nSPS) is 16.6. The molecule has 2 heterocycles. The summed E-state index contributed by atoms with van der Waals surface area (Å²) in [4.78, 5) is 31.8. The second-order valence-corrected chi connectivity index (χ2v) is 9.12. The number of amides is 1. The van der Waals surface area contributed by atoms with E-state index in [0.29, 0.717) is 23.5 Å². The van der Waals surface area contributed by atoms with Crippen LogP contribution in [-0.4, -0.2) is 31.8 Å². The molecule has 2 N–H and O–H groups in total. The van der Waals surface area contributed by atoms with Gasteiger partial charge in [-0.25, -0.2) is 0 Å². The number of hydrogen-bond donors (Lipinski definition) is 2. The number of likely N-dealkylation sites (tertiary alicyclic amines) is 1. The minimum atomic E-state index is -0.882. The SMILES string of the molecule is Cc1ccccc1COc1ccc(/C(O)=C2/C(=O)C(=O)N(Cc3ccncc3)C2c2cccc(O)c2)cc1. The summed E-state index contributed by atoms with van der Waals surface area (Å²) in [6, 6.07) is 23.7. The van der Waals surface area contributed by atoms with Crippen LogP contribution < -0.4 is 4.74 Å². The zero-order valence-electron chi connectivity index (χ0n) is 20.7. The zero-order valence-corrected chi connectivity index (χ0v) is 20.7. The van der Waals surface area contributed by atoms with Crippen molar-refractivity contribution in [3.05, 3.63) is 131 Å². The molecule has 1 aliphatic heterocycles. The van der Waals surface area contributed by atoms with Crippen LogP contribution in [0.1, 0.15) is 33.9 Å². The van der Waals surface area contributed by atoms with Crippen molar-refractivity contribution in [2.45, 2.75) is 26.1 Å². The van der Waals surface area contributed by atoms with Crippen molar-refractivity contribution in [3.63, 3.8) is 0 Å². The first-order chi connectivity index (χ1) is 18.4. The number of pyridine rings is 1. The average Bonchev–Trinajstić information content (AvgIpc) is 3.18. The van der Waals surface area contributed by atoms with E-state index in [9.17, 15) is 19.8 Å². The van der Waals surface area contributed by atoms with Crippen molar-refractivity contribution in [1.29, 1.82) is 0 Å². The number of aromatic nitrogens is 1. The predicted molar refractivity (Wildman–Crippen MR) is 142 cm³/mol. The van der Waals surface area contributed by atoms with Gasteiger partial charge in [0.2, 0.25) is 0 Å². The van der Waals surface area contributed by atoms with Crippen LogP contribution in [0.2, 0.25) is 0 Å². The van der Waals surface area contributed by atoms with Gasteiger partial charge < -0.3 is 19.8 Å². The van der Waals surface area contributed by atoms with Gasteiger partial charge in [-0.1, -0.05) is 36.4 Å². The lowest BCUT2D eigenvalue weighted by Crippen LogP contribution is -2.29. The van der Waals surface area contributed by atoms with Gasteiger partial charge in [0.15, 0.2) is 0 Å². The molecule has 0 saturated carbocycles. The molecule has 190 valence electrons. The van der Waals surface area contributed by atoms with Crippen molar-refractivity contribution in [2.75, 3.05) is 0 Å². The van der Waals surface area contributed by atoms with E-state index >= 15 is 0 Å². The van der Waals surface area contributed by atoms with Gasteiger partial charge in [-0.05, 0) is 77.7 Å². The second kappa shape index (κ2) is 10.6. The third-order valence-corrected chi connectivity index (χ3v) is 6.61. The van der Waals surface area contributed by atoms with Crippen LogP contribution in [-0.2, 0) is 22.7 Å². The first-order valence-electron chi connectivity index (χ1n) is 12.2. The van der Waals surface area contributed by atoms with E-state index in [-0.39, 0.29) is 23.6 Å². The molecule has 5 rings (SSSR count). The predicted octanol–water partition coefficient (Wildman–Crippen LogP) is 5.30. The molecule has 1 aromatic heterocycles. The van der Waals surface area contributed by atoms with Crippen LogP contribution in [0.5, 0.6) is 11.5 Å². The highest BCUT2D eigenvalue weighted by molar-refractivity contribution is 6.46. The highest BCUT2D eigenvalue weighted by Gasteiger charge is 2.46. The summed E-state index contributed by atoms with van der Waals surface area (Å²) in [5.74, 6) is -1.21. The molecule has 1 aliphatic rings. The minimum absolute atomic E-state index is 0.00727. The van der Waals surface area contributed by atoms with E-state index in [1.54, 1.807) is 60.9 Å². The number of ether oxygens (including phenoxy) is 1. The Morgan fingerprint density at radius 3 is 2.39 bits per heavy atom. The van der Waals surface area contributed by atoms with Gasteiger partial charge in [-0.3, -0.25) is 14.6 Å². The Morgan fingerprint density at radius 2 is 1.68 bits per heavy atom. The number of benzene rings is 3. The molecule has 0 bridgehead atoms. The van der Waals surface area contributed by atoms with Crippen molar-refractivity contribution in [1.82, 2.24) is 9.88 Å². The number of nitrogens with zero attached hydrogens (tertiary/aromatic N) is 2. The van der Waals surface area contributed by atoms with Crippen LogP contribution in [0.3, 0.4) is 0 Å². The number of aryl methyl sites for hydroxylation is 1. The minimum Gasteiger partial charge on any atom is -0.508 e. The van der Waals surface area contributed by atoms with Gasteiger partial charge >= 0.3 is 0 Å². The number of carbonyl (C=O) groups is 2. The molecular weight excluding hydrogens is 480 g/mol. The van der Waals surface area contributed by atoms with Gasteiger partial charge in [0.1, 0.15) is 23.9 Å². The summed E-state index contributed by atoms with van der Waals surface area (Å²) in [5.41, 5.74) is 3.83. The summed E-state index contributed by atoms with van der Waals surface area (Å²) in [5, 5.41) is 21.4. The van der Waals surface area contributed by atoms with Crippen LogP contribution in [0.25, 0.3) is 5.76 Å². The lowest BCUT2D eigenvalue weighted by atomic mass is 9.95. The maximum absolute atomic E-state index is 13.2. The molecule has 4 aromatic rings. The molecule has 1 saturated heterocycles. The Bertz CT molecular complexity index is 1510. The van der Waals surface area contributed by atoms with Gasteiger partial charge in [0.05, 0.1) is 11.6 Å². The third-order valence-electron chi connectivity index (χ3n) is 6.61. The van der Waals surface area contributed by atoms with E-state index in [1.807, 2.05) is 31.2 Å². The second-order valence-electron chi connectivity index (χ2n) is 9.12. The summed E-state index contributed by atoms with van der Waals surface area (Å²) in [6.07, 6.45) is 3.22. The van der Waals surface area contributed by atoms with Gasteiger partial charge in [-0.2, -0.15) is 0 Å². The number of ketones is 1.